The van der Waals surface area contributed by atoms with Crippen molar-refractivity contribution in [3.63, 3.8) is 0 Å². The van der Waals surface area contributed by atoms with Crippen molar-refractivity contribution in [2.45, 2.75) is 40.0 Å². The lowest BCUT2D eigenvalue weighted by atomic mass is 9.88. The third-order valence-electron chi connectivity index (χ3n) is 8.29. The summed E-state index contributed by atoms with van der Waals surface area (Å²) in [5.74, 6) is 1.48. The largest absolute Gasteiger partial charge is 0.508 e. The van der Waals surface area contributed by atoms with Gasteiger partial charge in [0, 0.05) is 6.54 Å². The molecule has 0 atom stereocenters. The lowest BCUT2D eigenvalue weighted by molar-refractivity contribution is 0.261. The minimum atomic E-state index is 0.284. The topological polar surface area (TPSA) is 52.9 Å². The molecule has 0 spiro atoms. The Labute approximate surface area is 287 Å². The summed E-state index contributed by atoms with van der Waals surface area (Å²) in [6.07, 6.45) is 2.82. The molecule has 0 heterocycles. The molecule has 0 saturated heterocycles. The van der Waals surface area contributed by atoms with Gasteiger partial charge in [0.2, 0.25) is 0 Å². The Kier molecular flexibility index (Phi) is 13.7. The average Bonchev–Trinajstić information content (AvgIpc) is 3.12. The predicted molar refractivity (Wildman–Crippen MR) is 203 cm³/mol. The SMILES string of the molecule is CC/C(=C(/CC)c1ccc(O)cc1)c1ccc(O)cc1.CC/C(=C(\c1ccccc1)c1ccc(OCCN(C)C)cc1)c1ccccc1. The van der Waals surface area contributed by atoms with Crippen LogP contribution < -0.4 is 4.74 Å². The van der Waals surface area contributed by atoms with E-state index < -0.39 is 0 Å². The fraction of sp³-hybridized carbons (Fsp3) is 0.227. The maximum absolute atomic E-state index is 9.41. The van der Waals surface area contributed by atoms with E-state index in [0.717, 1.165) is 42.7 Å². The number of phenols is 2. The van der Waals surface area contributed by atoms with Gasteiger partial charge in [-0.2, -0.15) is 0 Å². The number of likely N-dealkylation sites (N-methyl/N-ethyl adjacent to an activating group) is 1. The van der Waals surface area contributed by atoms with E-state index in [1.165, 1.54) is 39.0 Å². The van der Waals surface area contributed by atoms with Gasteiger partial charge in [-0.25, -0.2) is 0 Å². The smallest absolute Gasteiger partial charge is 0.119 e. The number of nitrogens with zero attached hydrogens (tertiary/aromatic N) is 1. The predicted octanol–water partition coefficient (Wildman–Crippen LogP) is 10.8. The van der Waals surface area contributed by atoms with E-state index in [0.29, 0.717) is 6.61 Å². The Morgan fingerprint density at radius 3 is 1.27 bits per heavy atom. The summed E-state index contributed by atoms with van der Waals surface area (Å²) in [6.45, 7) is 8.10. The number of hydrogen-bond donors (Lipinski definition) is 2. The number of ether oxygens (including phenoxy) is 1. The highest BCUT2D eigenvalue weighted by atomic mass is 16.5. The Morgan fingerprint density at radius 1 is 0.479 bits per heavy atom. The lowest BCUT2D eigenvalue weighted by Gasteiger charge is -2.17. The molecule has 0 aliphatic carbocycles. The van der Waals surface area contributed by atoms with Crippen LogP contribution in [0.15, 0.2) is 133 Å². The van der Waals surface area contributed by atoms with Gasteiger partial charge in [0.05, 0.1) is 0 Å². The molecular weight excluding hydrogens is 590 g/mol. The molecular formula is C44H49NO3. The standard InChI is InChI=1S/C26H29NO.C18H20O2/c1-4-25(21-11-7-5-8-12-21)26(22-13-9-6-10-14-22)23-15-17-24(18-16-23)28-20-19-27(2)3;1-3-17(13-5-9-15(19)10-6-13)18(4-2)14-7-11-16(20)12-8-14/h5-18H,4,19-20H2,1-3H3;5-12,19-20H,3-4H2,1-2H3/b26-25-;18-17+. The molecule has 0 aliphatic rings. The van der Waals surface area contributed by atoms with Gasteiger partial charge >= 0.3 is 0 Å². The van der Waals surface area contributed by atoms with Crippen molar-refractivity contribution >= 4 is 22.3 Å². The van der Waals surface area contributed by atoms with Crippen LogP contribution in [0.5, 0.6) is 17.2 Å². The molecule has 0 unspecified atom stereocenters. The van der Waals surface area contributed by atoms with E-state index >= 15 is 0 Å². The van der Waals surface area contributed by atoms with E-state index in [-0.39, 0.29) is 11.5 Å². The number of hydrogen-bond acceptors (Lipinski definition) is 4. The Morgan fingerprint density at radius 2 is 0.854 bits per heavy atom. The molecule has 2 N–H and O–H groups in total. The van der Waals surface area contributed by atoms with Gasteiger partial charge < -0.3 is 19.8 Å². The summed E-state index contributed by atoms with van der Waals surface area (Å²) in [4.78, 5) is 2.12. The first-order valence-electron chi connectivity index (χ1n) is 16.9. The summed E-state index contributed by atoms with van der Waals surface area (Å²) < 4.78 is 5.87. The van der Waals surface area contributed by atoms with Crippen molar-refractivity contribution in [3.05, 3.63) is 161 Å². The monoisotopic (exact) mass is 639 g/mol. The van der Waals surface area contributed by atoms with Crippen LogP contribution in [0.3, 0.4) is 0 Å². The molecule has 0 saturated carbocycles. The van der Waals surface area contributed by atoms with Crippen molar-refractivity contribution in [1.82, 2.24) is 4.90 Å². The number of phenolic OH excluding ortho intramolecular Hbond substituents is 2. The first kappa shape index (κ1) is 35.8. The van der Waals surface area contributed by atoms with Crippen LogP contribution in [0.25, 0.3) is 22.3 Å². The van der Waals surface area contributed by atoms with Crippen molar-refractivity contribution in [1.29, 1.82) is 0 Å². The van der Waals surface area contributed by atoms with Gasteiger partial charge in [-0.05, 0) is 120 Å². The van der Waals surface area contributed by atoms with E-state index in [9.17, 15) is 10.2 Å². The molecule has 5 aromatic carbocycles. The maximum Gasteiger partial charge on any atom is 0.119 e. The fourth-order valence-corrected chi connectivity index (χ4v) is 5.86. The van der Waals surface area contributed by atoms with Crippen LogP contribution in [0.2, 0.25) is 0 Å². The molecule has 5 rings (SSSR count). The Bertz CT molecular complexity index is 1680. The van der Waals surface area contributed by atoms with Gasteiger partial charge in [-0.1, -0.05) is 118 Å². The van der Waals surface area contributed by atoms with Crippen LogP contribution in [-0.2, 0) is 0 Å². The zero-order valence-corrected chi connectivity index (χ0v) is 29.0. The molecule has 0 bridgehead atoms. The molecule has 5 aromatic rings. The normalized spacial score (nSPS) is 12.0. The first-order valence-corrected chi connectivity index (χ1v) is 16.9. The van der Waals surface area contributed by atoms with Crippen LogP contribution in [0, 0.1) is 0 Å². The highest BCUT2D eigenvalue weighted by Crippen LogP contribution is 2.35. The van der Waals surface area contributed by atoms with Crippen molar-refractivity contribution in [2.24, 2.45) is 0 Å². The van der Waals surface area contributed by atoms with Crippen molar-refractivity contribution in [2.75, 3.05) is 27.2 Å². The quantitative estimate of drug-likeness (QED) is 0.133. The molecule has 0 amide bonds. The van der Waals surface area contributed by atoms with Crippen molar-refractivity contribution in [3.8, 4) is 17.2 Å². The summed E-state index contributed by atoms with van der Waals surface area (Å²) >= 11 is 0. The third-order valence-corrected chi connectivity index (χ3v) is 8.29. The van der Waals surface area contributed by atoms with Crippen LogP contribution in [0.4, 0.5) is 0 Å². The fourth-order valence-electron chi connectivity index (χ4n) is 5.86. The van der Waals surface area contributed by atoms with Gasteiger partial charge in [0.15, 0.2) is 0 Å². The Hall–Kier alpha value is -5.06. The maximum atomic E-state index is 9.41. The van der Waals surface area contributed by atoms with E-state index in [1.54, 1.807) is 24.3 Å². The summed E-state index contributed by atoms with van der Waals surface area (Å²) in [5, 5.41) is 18.8. The second-order valence-electron chi connectivity index (χ2n) is 11.9. The molecule has 0 radical (unpaired) electrons. The highest BCUT2D eigenvalue weighted by molar-refractivity contribution is 5.98. The summed E-state index contributed by atoms with van der Waals surface area (Å²) in [6, 6.07) is 44.5. The number of allylic oxidation sites excluding steroid dienone is 3. The second kappa shape index (κ2) is 18.3. The van der Waals surface area contributed by atoms with Gasteiger partial charge in [0.25, 0.3) is 0 Å². The van der Waals surface area contributed by atoms with Crippen LogP contribution in [0.1, 0.15) is 67.9 Å². The number of aromatic hydroxyl groups is 2. The zero-order valence-electron chi connectivity index (χ0n) is 29.0. The Balaban J connectivity index is 0.000000229. The average molecular weight is 640 g/mol. The van der Waals surface area contributed by atoms with Crippen LogP contribution in [-0.4, -0.2) is 42.4 Å². The molecule has 0 aliphatic heterocycles. The lowest BCUT2D eigenvalue weighted by Crippen LogP contribution is -2.19. The molecule has 4 nitrogen and oxygen atoms in total. The molecule has 0 aromatic heterocycles. The van der Waals surface area contributed by atoms with Gasteiger partial charge in [0.1, 0.15) is 23.9 Å². The number of rotatable bonds is 12. The zero-order chi connectivity index (χ0) is 34.3. The van der Waals surface area contributed by atoms with E-state index in [4.69, 9.17) is 4.74 Å². The minimum absolute atomic E-state index is 0.284. The molecule has 0 fully saturated rings. The first-order chi connectivity index (χ1) is 23.3. The second-order valence-corrected chi connectivity index (χ2v) is 11.9. The van der Waals surface area contributed by atoms with Gasteiger partial charge in [-0.3, -0.25) is 0 Å². The van der Waals surface area contributed by atoms with E-state index in [1.807, 2.05) is 24.3 Å². The number of benzene rings is 5. The summed E-state index contributed by atoms with van der Waals surface area (Å²) in [5.41, 5.74) is 11.2. The van der Waals surface area contributed by atoms with Crippen LogP contribution >= 0.6 is 0 Å². The molecule has 4 heteroatoms. The minimum Gasteiger partial charge on any atom is -0.508 e. The highest BCUT2D eigenvalue weighted by Gasteiger charge is 2.13. The van der Waals surface area contributed by atoms with Gasteiger partial charge in [-0.15, -0.1) is 0 Å². The van der Waals surface area contributed by atoms with Crippen molar-refractivity contribution < 1.29 is 14.9 Å². The van der Waals surface area contributed by atoms with E-state index in [2.05, 4.69) is 125 Å². The third kappa shape index (κ3) is 9.97. The summed E-state index contributed by atoms with van der Waals surface area (Å²) in [7, 11) is 4.11. The molecule has 248 valence electrons. The molecule has 48 heavy (non-hydrogen) atoms.